The lowest BCUT2D eigenvalue weighted by Crippen LogP contribution is -2.43. The Morgan fingerprint density at radius 1 is 1.16 bits per heavy atom. The van der Waals surface area contributed by atoms with Crippen LogP contribution in [0.25, 0.3) is 11.5 Å². The molecule has 132 valence electrons. The summed E-state index contributed by atoms with van der Waals surface area (Å²) < 4.78 is 5.43. The monoisotopic (exact) mass is 343 g/mol. The van der Waals surface area contributed by atoms with Crippen molar-refractivity contribution in [3.8, 4) is 11.5 Å². The Labute approximate surface area is 145 Å². The quantitative estimate of drug-likeness (QED) is 0.774. The SMILES string of the molecule is O=C(NCc1coc(-c2ccccc2)n1)NC1CCC(C(=O)O)CC1. The summed E-state index contributed by atoms with van der Waals surface area (Å²) in [5.74, 6) is -0.513. The van der Waals surface area contributed by atoms with E-state index in [1.807, 2.05) is 30.3 Å². The number of benzene rings is 1. The zero-order valence-corrected chi connectivity index (χ0v) is 13.8. The molecular formula is C18H21N3O4. The van der Waals surface area contributed by atoms with Gasteiger partial charge in [0.05, 0.1) is 18.2 Å². The molecule has 2 amide bonds. The van der Waals surface area contributed by atoms with Crippen LogP contribution in [-0.2, 0) is 11.3 Å². The number of nitrogens with zero attached hydrogens (tertiary/aromatic N) is 1. The summed E-state index contributed by atoms with van der Waals surface area (Å²) in [6, 6.07) is 9.29. The highest BCUT2D eigenvalue weighted by Crippen LogP contribution is 2.24. The highest BCUT2D eigenvalue weighted by Gasteiger charge is 2.26. The van der Waals surface area contributed by atoms with Gasteiger partial charge in [0.1, 0.15) is 6.26 Å². The van der Waals surface area contributed by atoms with Crippen molar-refractivity contribution < 1.29 is 19.1 Å². The molecule has 0 unspecified atom stereocenters. The van der Waals surface area contributed by atoms with Gasteiger partial charge in [0.25, 0.3) is 0 Å². The van der Waals surface area contributed by atoms with Gasteiger partial charge in [0.2, 0.25) is 5.89 Å². The molecule has 3 rings (SSSR count). The van der Waals surface area contributed by atoms with E-state index in [1.54, 1.807) is 0 Å². The van der Waals surface area contributed by atoms with Gasteiger partial charge in [0, 0.05) is 11.6 Å². The number of carbonyl (C=O) groups excluding carboxylic acids is 1. The average molecular weight is 343 g/mol. The zero-order valence-electron chi connectivity index (χ0n) is 13.8. The number of rotatable bonds is 5. The van der Waals surface area contributed by atoms with Gasteiger partial charge in [-0.15, -0.1) is 0 Å². The Hall–Kier alpha value is -2.83. The van der Waals surface area contributed by atoms with Crippen LogP contribution in [0.15, 0.2) is 41.0 Å². The van der Waals surface area contributed by atoms with E-state index in [2.05, 4.69) is 15.6 Å². The molecule has 3 N–H and O–H groups in total. The fraction of sp³-hybridized carbons (Fsp3) is 0.389. The number of carboxylic acids is 1. The number of carbonyl (C=O) groups is 2. The lowest BCUT2D eigenvalue weighted by molar-refractivity contribution is -0.142. The van der Waals surface area contributed by atoms with E-state index < -0.39 is 5.97 Å². The topological polar surface area (TPSA) is 104 Å². The number of hydrogen-bond donors (Lipinski definition) is 3. The summed E-state index contributed by atoms with van der Waals surface area (Å²) in [5, 5.41) is 14.6. The molecule has 0 saturated heterocycles. The van der Waals surface area contributed by atoms with Crippen molar-refractivity contribution in [1.82, 2.24) is 15.6 Å². The number of carboxylic acid groups (broad SMARTS) is 1. The summed E-state index contributed by atoms with van der Waals surface area (Å²) in [5.41, 5.74) is 1.52. The number of aromatic nitrogens is 1. The molecule has 1 aromatic carbocycles. The molecule has 0 spiro atoms. The molecule has 0 atom stereocenters. The minimum Gasteiger partial charge on any atom is -0.481 e. The molecule has 1 heterocycles. The van der Waals surface area contributed by atoms with Crippen molar-refractivity contribution in [3.63, 3.8) is 0 Å². The van der Waals surface area contributed by atoms with Crippen LogP contribution in [-0.4, -0.2) is 28.1 Å². The smallest absolute Gasteiger partial charge is 0.315 e. The number of urea groups is 1. The molecule has 1 aromatic heterocycles. The van der Waals surface area contributed by atoms with Crippen LogP contribution in [0, 0.1) is 5.92 Å². The van der Waals surface area contributed by atoms with Crippen LogP contribution in [0.5, 0.6) is 0 Å². The maximum absolute atomic E-state index is 12.0. The highest BCUT2D eigenvalue weighted by molar-refractivity contribution is 5.74. The van der Waals surface area contributed by atoms with Crippen molar-refractivity contribution in [3.05, 3.63) is 42.3 Å². The first kappa shape index (κ1) is 17.0. The molecular weight excluding hydrogens is 322 g/mol. The third-order valence-electron chi connectivity index (χ3n) is 4.41. The van der Waals surface area contributed by atoms with E-state index in [-0.39, 0.29) is 24.5 Å². The molecule has 1 aliphatic rings. The van der Waals surface area contributed by atoms with Crippen LogP contribution >= 0.6 is 0 Å². The maximum Gasteiger partial charge on any atom is 0.315 e. The maximum atomic E-state index is 12.0. The van der Waals surface area contributed by atoms with E-state index in [1.165, 1.54) is 6.26 Å². The van der Waals surface area contributed by atoms with Crippen molar-refractivity contribution >= 4 is 12.0 Å². The molecule has 2 aromatic rings. The largest absolute Gasteiger partial charge is 0.481 e. The summed E-state index contributed by atoms with van der Waals surface area (Å²) in [6.45, 7) is 0.270. The second kappa shape index (κ2) is 7.83. The summed E-state index contributed by atoms with van der Waals surface area (Å²) >= 11 is 0. The van der Waals surface area contributed by atoms with Gasteiger partial charge in [-0.2, -0.15) is 0 Å². The Balaban J connectivity index is 1.44. The van der Waals surface area contributed by atoms with Gasteiger partial charge < -0.3 is 20.2 Å². The van der Waals surface area contributed by atoms with E-state index >= 15 is 0 Å². The summed E-state index contributed by atoms with van der Waals surface area (Å²) in [6.07, 6.45) is 4.10. The standard InChI is InChI=1S/C18H21N3O4/c22-17(23)13-6-8-14(9-7-13)21-18(24)19-10-15-11-25-16(20-15)12-4-2-1-3-5-12/h1-5,11,13-14H,6-10H2,(H,22,23)(H2,19,21,24). The fourth-order valence-electron chi connectivity index (χ4n) is 2.99. The lowest BCUT2D eigenvalue weighted by Gasteiger charge is -2.26. The molecule has 7 heteroatoms. The van der Waals surface area contributed by atoms with E-state index in [4.69, 9.17) is 9.52 Å². The molecule has 7 nitrogen and oxygen atoms in total. The molecule has 25 heavy (non-hydrogen) atoms. The van der Waals surface area contributed by atoms with Gasteiger partial charge in [-0.05, 0) is 37.8 Å². The van der Waals surface area contributed by atoms with Gasteiger partial charge in [-0.3, -0.25) is 4.79 Å². The number of amides is 2. The third kappa shape index (κ3) is 4.59. The van der Waals surface area contributed by atoms with Crippen LogP contribution in [0.3, 0.4) is 0 Å². The third-order valence-corrected chi connectivity index (χ3v) is 4.41. The predicted octanol–water partition coefficient (Wildman–Crippen LogP) is 2.78. The summed E-state index contributed by atoms with van der Waals surface area (Å²) in [4.78, 5) is 27.3. The summed E-state index contributed by atoms with van der Waals surface area (Å²) in [7, 11) is 0. The highest BCUT2D eigenvalue weighted by atomic mass is 16.4. The minimum atomic E-state index is -0.747. The Morgan fingerprint density at radius 2 is 1.88 bits per heavy atom. The second-order valence-electron chi connectivity index (χ2n) is 6.22. The normalized spacial score (nSPS) is 20.0. The fourth-order valence-corrected chi connectivity index (χ4v) is 2.99. The minimum absolute atomic E-state index is 0.0211. The molecule has 1 fully saturated rings. The van der Waals surface area contributed by atoms with Crippen LogP contribution in [0.4, 0.5) is 4.79 Å². The van der Waals surface area contributed by atoms with E-state index in [0.717, 1.165) is 5.56 Å². The van der Waals surface area contributed by atoms with Gasteiger partial charge in [0.15, 0.2) is 0 Å². The average Bonchev–Trinajstić information content (AvgIpc) is 3.10. The first-order valence-electron chi connectivity index (χ1n) is 8.39. The number of hydrogen-bond acceptors (Lipinski definition) is 4. The molecule has 0 bridgehead atoms. The molecule has 1 saturated carbocycles. The molecule has 1 aliphatic carbocycles. The Bertz CT molecular complexity index is 721. The van der Waals surface area contributed by atoms with Gasteiger partial charge in [-0.1, -0.05) is 18.2 Å². The van der Waals surface area contributed by atoms with E-state index in [9.17, 15) is 9.59 Å². The molecule has 0 radical (unpaired) electrons. The van der Waals surface area contributed by atoms with Crippen molar-refractivity contribution in [2.24, 2.45) is 5.92 Å². The first-order valence-corrected chi connectivity index (χ1v) is 8.39. The van der Waals surface area contributed by atoms with Crippen LogP contribution < -0.4 is 10.6 Å². The Kier molecular flexibility index (Phi) is 5.33. The van der Waals surface area contributed by atoms with Crippen molar-refractivity contribution in [1.29, 1.82) is 0 Å². The van der Waals surface area contributed by atoms with E-state index in [0.29, 0.717) is 37.3 Å². The number of oxazole rings is 1. The van der Waals surface area contributed by atoms with Gasteiger partial charge in [-0.25, -0.2) is 9.78 Å². The Morgan fingerprint density at radius 3 is 2.56 bits per heavy atom. The van der Waals surface area contributed by atoms with Crippen LogP contribution in [0.2, 0.25) is 0 Å². The zero-order chi connectivity index (χ0) is 17.6. The van der Waals surface area contributed by atoms with Crippen LogP contribution in [0.1, 0.15) is 31.4 Å². The number of aliphatic carboxylic acids is 1. The van der Waals surface area contributed by atoms with Gasteiger partial charge >= 0.3 is 12.0 Å². The van der Waals surface area contributed by atoms with Crippen molar-refractivity contribution in [2.45, 2.75) is 38.3 Å². The molecule has 0 aliphatic heterocycles. The second-order valence-corrected chi connectivity index (χ2v) is 6.22. The predicted molar refractivity (Wildman–Crippen MR) is 90.7 cm³/mol. The first-order chi connectivity index (χ1) is 12.1. The lowest BCUT2D eigenvalue weighted by atomic mass is 9.86. The number of nitrogens with one attached hydrogen (secondary N) is 2. The van der Waals surface area contributed by atoms with Crippen molar-refractivity contribution in [2.75, 3.05) is 0 Å².